The molecule has 1 heterocycles. The molecule has 17 heavy (non-hydrogen) atoms. The Balaban J connectivity index is 2.14. The summed E-state index contributed by atoms with van der Waals surface area (Å²) in [5.74, 6) is 0.269. The second-order valence-electron chi connectivity index (χ2n) is 4.03. The Bertz CT molecular complexity index is 668. The van der Waals surface area contributed by atoms with E-state index < -0.39 is 0 Å². The summed E-state index contributed by atoms with van der Waals surface area (Å²) in [7, 11) is 0. The Hall–Kier alpha value is -2.29. The van der Waals surface area contributed by atoms with Gasteiger partial charge in [0.2, 0.25) is 0 Å². The number of rotatable bonds is 1. The van der Waals surface area contributed by atoms with E-state index in [9.17, 15) is 5.11 Å². The van der Waals surface area contributed by atoms with Gasteiger partial charge in [-0.15, -0.1) is 0 Å². The molecule has 0 saturated carbocycles. The van der Waals surface area contributed by atoms with E-state index in [1.165, 1.54) is 0 Å². The van der Waals surface area contributed by atoms with Crippen LogP contribution >= 0.6 is 0 Å². The first-order valence-corrected chi connectivity index (χ1v) is 5.39. The van der Waals surface area contributed by atoms with Gasteiger partial charge in [-0.05, 0) is 42.3 Å². The largest absolute Gasteiger partial charge is 0.508 e. The van der Waals surface area contributed by atoms with Crippen LogP contribution in [0.3, 0.4) is 0 Å². The highest BCUT2D eigenvalue weighted by Gasteiger charge is 2.05. The molecule has 3 nitrogen and oxygen atoms in total. The van der Waals surface area contributed by atoms with Crippen LogP contribution in [-0.2, 0) is 0 Å². The molecule has 1 aromatic heterocycles. The summed E-state index contributed by atoms with van der Waals surface area (Å²) in [4.78, 5) is 0. The van der Waals surface area contributed by atoms with Crippen LogP contribution in [0.4, 0.5) is 0 Å². The molecule has 0 fully saturated rings. The third-order valence-corrected chi connectivity index (χ3v) is 2.85. The van der Waals surface area contributed by atoms with E-state index >= 15 is 0 Å². The van der Waals surface area contributed by atoms with Gasteiger partial charge in [-0.25, -0.2) is 0 Å². The molecule has 0 spiro atoms. The first kappa shape index (κ1) is 9.90. The molecule has 0 amide bonds. The standard InChI is InChI=1S/C14H11NO2/c1-9-13-7-4-11(8-14(13)17-15-9)10-2-5-12(16)6-3-10/h2-8,16H,1H3. The topological polar surface area (TPSA) is 46.3 Å². The van der Waals surface area contributed by atoms with E-state index in [4.69, 9.17) is 4.52 Å². The zero-order valence-corrected chi connectivity index (χ0v) is 9.34. The van der Waals surface area contributed by atoms with Crippen molar-refractivity contribution >= 4 is 11.0 Å². The number of nitrogens with zero attached hydrogens (tertiary/aromatic N) is 1. The number of aryl methyl sites for hydroxylation is 1. The molecule has 3 heteroatoms. The fraction of sp³-hybridized carbons (Fsp3) is 0.0714. The SMILES string of the molecule is Cc1noc2cc(-c3ccc(O)cc3)ccc12. The maximum Gasteiger partial charge on any atom is 0.167 e. The lowest BCUT2D eigenvalue weighted by Crippen LogP contribution is -1.77. The summed E-state index contributed by atoms with van der Waals surface area (Å²) in [5, 5.41) is 14.2. The lowest BCUT2D eigenvalue weighted by Gasteiger charge is -2.01. The van der Waals surface area contributed by atoms with Crippen LogP contribution in [-0.4, -0.2) is 10.3 Å². The number of hydrogen-bond donors (Lipinski definition) is 1. The van der Waals surface area contributed by atoms with Gasteiger partial charge >= 0.3 is 0 Å². The molecule has 0 radical (unpaired) electrons. The lowest BCUT2D eigenvalue weighted by atomic mass is 10.0. The van der Waals surface area contributed by atoms with Gasteiger partial charge in [-0.2, -0.15) is 0 Å². The number of phenols is 1. The van der Waals surface area contributed by atoms with Gasteiger partial charge in [0.1, 0.15) is 5.75 Å². The molecular formula is C14H11NO2. The third-order valence-electron chi connectivity index (χ3n) is 2.85. The van der Waals surface area contributed by atoms with Crippen LogP contribution in [0.25, 0.3) is 22.1 Å². The quantitative estimate of drug-likeness (QED) is 0.689. The van der Waals surface area contributed by atoms with E-state index in [-0.39, 0.29) is 5.75 Å². The smallest absolute Gasteiger partial charge is 0.167 e. The molecule has 3 rings (SSSR count). The predicted molar refractivity (Wildman–Crippen MR) is 65.8 cm³/mol. The summed E-state index contributed by atoms with van der Waals surface area (Å²) in [6.07, 6.45) is 0. The van der Waals surface area contributed by atoms with Crippen LogP contribution in [0, 0.1) is 6.92 Å². The third kappa shape index (κ3) is 1.65. The number of hydrogen-bond acceptors (Lipinski definition) is 3. The fourth-order valence-corrected chi connectivity index (χ4v) is 1.90. The zero-order valence-electron chi connectivity index (χ0n) is 9.34. The second kappa shape index (κ2) is 3.63. The van der Waals surface area contributed by atoms with Crippen molar-refractivity contribution in [2.45, 2.75) is 6.92 Å². The molecule has 2 aromatic carbocycles. The number of phenolic OH excluding ortho intramolecular Hbond substituents is 1. The Kier molecular flexibility index (Phi) is 2.11. The second-order valence-corrected chi connectivity index (χ2v) is 4.03. The summed E-state index contributed by atoms with van der Waals surface area (Å²) in [5.41, 5.74) is 3.78. The lowest BCUT2D eigenvalue weighted by molar-refractivity contribution is 0.450. The molecule has 84 valence electrons. The molecule has 3 aromatic rings. The molecule has 0 aliphatic rings. The number of aromatic nitrogens is 1. The molecule has 0 aliphatic heterocycles. The van der Waals surface area contributed by atoms with E-state index in [1.54, 1.807) is 12.1 Å². The van der Waals surface area contributed by atoms with Crippen LogP contribution < -0.4 is 0 Å². The number of fused-ring (bicyclic) bond motifs is 1. The maximum atomic E-state index is 9.25. The van der Waals surface area contributed by atoms with Crippen molar-refractivity contribution in [3.8, 4) is 16.9 Å². The van der Waals surface area contributed by atoms with Gasteiger partial charge in [-0.3, -0.25) is 0 Å². The average Bonchev–Trinajstić information content (AvgIpc) is 2.72. The minimum atomic E-state index is 0.269. The van der Waals surface area contributed by atoms with Crippen LogP contribution in [0.2, 0.25) is 0 Å². The van der Waals surface area contributed by atoms with E-state index in [2.05, 4.69) is 5.16 Å². The Morgan fingerprint density at radius 2 is 1.71 bits per heavy atom. The molecule has 0 saturated heterocycles. The predicted octanol–water partition coefficient (Wildman–Crippen LogP) is 3.51. The fourth-order valence-electron chi connectivity index (χ4n) is 1.90. The molecule has 0 unspecified atom stereocenters. The summed E-state index contributed by atoms with van der Waals surface area (Å²) >= 11 is 0. The summed E-state index contributed by atoms with van der Waals surface area (Å²) in [6.45, 7) is 1.92. The minimum absolute atomic E-state index is 0.269. The van der Waals surface area contributed by atoms with Crippen molar-refractivity contribution in [3.05, 3.63) is 48.2 Å². The first-order chi connectivity index (χ1) is 8.24. The first-order valence-electron chi connectivity index (χ1n) is 5.39. The van der Waals surface area contributed by atoms with Crippen molar-refractivity contribution in [3.63, 3.8) is 0 Å². The van der Waals surface area contributed by atoms with Crippen molar-refractivity contribution in [1.29, 1.82) is 0 Å². The van der Waals surface area contributed by atoms with Crippen molar-refractivity contribution < 1.29 is 9.63 Å². The van der Waals surface area contributed by atoms with E-state index in [0.717, 1.165) is 27.8 Å². The highest BCUT2D eigenvalue weighted by molar-refractivity contribution is 5.84. The highest BCUT2D eigenvalue weighted by atomic mass is 16.5. The van der Waals surface area contributed by atoms with E-state index in [1.807, 2.05) is 37.3 Å². The van der Waals surface area contributed by atoms with Gasteiger partial charge in [0, 0.05) is 5.39 Å². The van der Waals surface area contributed by atoms with Crippen LogP contribution in [0.1, 0.15) is 5.69 Å². The van der Waals surface area contributed by atoms with Gasteiger partial charge in [-0.1, -0.05) is 23.4 Å². The molecule has 0 aliphatic carbocycles. The Morgan fingerprint density at radius 1 is 1.00 bits per heavy atom. The molecular weight excluding hydrogens is 214 g/mol. The van der Waals surface area contributed by atoms with Gasteiger partial charge in [0.15, 0.2) is 5.58 Å². The van der Waals surface area contributed by atoms with Crippen LogP contribution in [0.15, 0.2) is 47.0 Å². The monoisotopic (exact) mass is 225 g/mol. The Morgan fingerprint density at radius 3 is 2.47 bits per heavy atom. The highest BCUT2D eigenvalue weighted by Crippen LogP contribution is 2.27. The maximum absolute atomic E-state index is 9.25. The summed E-state index contributed by atoms with van der Waals surface area (Å²) < 4.78 is 5.24. The Labute approximate surface area is 98.3 Å². The minimum Gasteiger partial charge on any atom is -0.508 e. The summed E-state index contributed by atoms with van der Waals surface area (Å²) in [6, 6.07) is 13.1. The number of benzene rings is 2. The normalized spacial score (nSPS) is 10.9. The van der Waals surface area contributed by atoms with Crippen molar-refractivity contribution in [2.24, 2.45) is 0 Å². The molecule has 0 atom stereocenters. The van der Waals surface area contributed by atoms with Gasteiger partial charge in [0.05, 0.1) is 5.69 Å². The van der Waals surface area contributed by atoms with Crippen LogP contribution in [0.5, 0.6) is 5.75 Å². The van der Waals surface area contributed by atoms with Crippen molar-refractivity contribution in [1.82, 2.24) is 5.16 Å². The average molecular weight is 225 g/mol. The van der Waals surface area contributed by atoms with E-state index in [0.29, 0.717) is 0 Å². The number of aromatic hydroxyl groups is 1. The molecule has 1 N–H and O–H groups in total. The molecule has 0 bridgehead atoms. The van der Waals surface area contributed by atoms with Gasteiger partial charge in [0.25, 0.3) is 0 Å². The van der Waals surface area contributed by atoms with Crippen molar-refractivity contribution in [2.75, 3.05) is 0 Å². The van der Waals surface area contributed by atoms with Gasteiger partial charge < -0.3 is 9.63 Å². The zero-order chi connectivity index (χ0) is 11.8.